The molecule has 1 aromatic rings. The van der Waals surface area contributed by atoms with Crippen LogP contribution in [0.15, 0.2) is 24.3 Å². The number of ether oxygens (including phenoxy) is 1. The van der Waals surface area contributed by atoms with Crippen molar-refractivity contribution in [2.45, 2.75) is 37.0 Å². The first-order valence-corrected chi connectivity index (χ1v) is 8.29. The molecule has 0 aliphatic carbocycles. The van der Waals surface area contributed by atoms with Gasteiger partial charge in [0, 0.05) is 17.9 Å². The summed E-state index contributed by atoms with van der Waals surface area (Å²) in [7, 11) is 0. The maximum absolute atomic E-state index is 12.4. The Labute approximate surface area is 140 Å². The minimum Gasteiger partial charge on any atom is -0.406 e. The van der Waals surface area contributed by atoms with E-state index < -0.39 is 12.4 Å². The number of carbonyl (C=O) groups excluding carboxylic acids is 2. The van der Waals surface area contributed by atoms with Crippen molar-refractivity contribution in [1.82, 2.24) is 4.90 Å². The molecule has 0 unspecified atom stereocenters. The maximum Gasteiger partial charge on any atom is 0.573 e. The molecule has 0 bridgehead atoms. The summed E-state index contributed by atoms with van der Waals surface area (Å²) in [6.45, 7) is 1.94. The van der Waals surface area contributed by atoms with Crippen molar-refractivity contribution in [2.75, 3.05) is 11.1 Å². The first kappa shape index (κ1) is 16.9. The monoisotopic (exact) mass is 360 g/mol. The third-order valence-electron chi connectivity index (χ3n) is 4.10. The Bertz CT molecular complexity index is 665. The van der Waals surface area contributed by atoms with Crippen molar-refractivity contribution in [2.24, 2.45) is 0 Å². The van der Waals surface area contributed by atoms with Gasteiger partial charge in [-0.1, -0.05) is 0 Å². The second-order valence-electron chi connectivity index (χ2n) is 5.83. The fraction of sp³-hybridized carbons (Fsp3) is 0.467. The molecule has 1 aromatic carbocycles. The molecular weight excluding hydrogens is 345 g/mol. The fourth-order valence-electron chi connectivity index (χ4n) is 2.98. The van der Waals surface area contributed by atoms with E-state index in [2.05, 4.69) is 10.1 Å². The van der Waals surface area contributed by atoms with Gasteiger partial charge in [-0.25, -0.2) is 0 Å². The summed E-state index contributed by atoms with van der Waals surface area (Å²) in [5.74, 6) is -0.245. The van der Waals surface area contributed by atoms with Crippen LogP contribution in [0.4, 0.5) is 18.9 Å². The van der Waals surface area contributed by atoms with Crippen LogP contribution in [-0.2, 0) is 9.59 Å². The predicted octanol–water partition coefficient (Wildman–Crippen LogP) is 2.98. The third kappa shape index (κ3) is 3.31. The highest BCUT2D eigenvalue weighted by molar-refractivity contribution is 8.01. The van der Waals surface area contributed by atoms with E-state index in [1.165, 1.54) is 12.1 Å². The molecule has 24 heavy (non-hydrogen) atoms. The van der Waals surface area contributed by atoms with Crippen LogP contribution in [0.1, 0.15) is 19.8 Å². The van der Waals surface area contributed by atoms with Gasteiger partial charge in [0.2, 0.25) is 11.8 Å². The van der Waals surface area contributed by atoms with Crippen LogP contribution in [0.5, 0.6) is 5.75 Å². The predicted molar refractivity (Wildman–Crippen MR) is 82.5 cm³/mol. The van der Waals surface area contributed by atoms with Crippen LogP contribution in [0.2, 0.25) is 0 Å². The molecule has 2 fully saturated rings. The first-order valence-electron chi connectivity index (χ1n) is 7.31. The van der Waals surface area contributed by atoms with Gasteiger partial charge in [0.05, 0.1) is 4.87 Å². The molecule has 2 amide bonds. The summed E-state index contributed by atoms with van der Waals surface area (Å²) in [5.41, 5.74) is 0.347. The number of benzene rings is 1. The van der Waals surface area contributed by atoms with Crippen molar-refractivity contribution >= 4 is 29.3 Å². The molecule has 2 saturated heterocycles. The average Bonchev–Trinajstić information content (AvgIpc) is 2.97. The van der Waals surface area contributed by atoms with Crippen LogP contribution >= 0.6 is 11.8 Å². The van der Waals surface area contributed by atoms with Crippen molar-refractivity contribution < 1.29 is 27.5 Å². The van der Waals surface area contributed by atoms with Gasteiger partial charge in [-0.15, -0.1) is 24.9 Å². The third-order valence-corrected chi connectivity index (χ3v) is 5.61. The summed E-state index contributed by atoms with van der Waals surface area (Å²) < 4.78 is 40.1. The highest BCUT2D eigenvalue weighted by atomic mass is 32.2. The Balaban J connectivity index is 1.66. The zero-order valence-corrected chi connectivity index (χ0v) is 13.5. The molecule has 2 heterocycles. The fourth-order valence-corrected chi connectivity index (χ4v) is 4.41. The van der Waals surface area contributed by atoms with Gasteiger partial charge in [-0.3, -0.25) is 9.59 Å². The summed E-state index contributed by atoms with van der Waals surface area (Å²) in [6, 6.07) is 4.33. The first-order chi connectivity index (χ1) is 11.2. The zero-order chi connectivity index (χ0) is 17.5. The number of hydrogen-bond donors (Lipinski definition) is 1. The van der Waals surface area contributed by atoms with E-state index in [0.717, 1.165) is 12.1 Å². The second kappa shape index (κ2) is 5.87. The summed E-state index contributed by atoms with van der Waals surface area (Å²) >= 11 is 1.57. The molecule has 0 saturated carbocycles. The van der Waals surface area contributed by atoms with E-state index in [0.29, 0.717) is 24.3 Å². The van der Waals surface area contributed by atoms with E-state index in [1.54, 1.807) is 16.7 Å². The van der Waals surface area contributed by atoms with Crippen molar-refractivity contribution in [3.8, 4) is 5.75 Å². The molecule has 9 heteroatoms. The lowest BCUT2D eigenvalue weighted by molar-refractivity contribution is -0.274. The van der Waals surface area contributed by atoms with E-state index in [9.17, 15) is 22.8 Å². The minimum absolute atomic E-state index is 0.0448. The quantitative estimate of drug-likeness (QED) is 0.900. The molecule has 1 N–H and O–H groups in total. The summed E-state index contributed by atoms with van der Waals surface area (Å²) in [4.78, 5) is 25.7. The van der Waals surface area contributed by atoms with Crippen molar-refractivity contribution in [1.29, 1.82) is 0 Å². The molecule has 0 spiro atoms. The number of rotatable bonds is 3. The normalized spacial score (nSPS) is 26.4. The number of amides is 2. The molecule has 5 nitrogen and oxygen atoms in total. The van der Waals surface area contributed by atoms with E-state index in [4.69, 9.17) is 0 Å². The largest absolute Gasteiger partial charge is 0.573 e. The lowest BCUT2D eigenvalue weighted by atomic mass is 10.2. The maximum atomic E-state index is 12.4. The van der Waals surface area contributed by atoms with E-state index >= 15 is 0 Å². The topological polar surface area (TPSA) is 58.6 Å². The van der Waals surface area contributed by atoms with Gasteiger partial charge in [0.25, 0.3) is 0 Å². The number of nitrogens with zero attached hydrogens (tertiary/aromatic N) is 1. The number of carbonyl (C=O) groups is 2. The molecule has 2 aliphatic heterocycles. The van der Waals surface area contributed by atoms with E-state index in [-0.39, 0.29) is 22.4 Å². The lowest BCUT2D eigenvalue weighted by Crippen LogP contribution is -2.48. The number of fused-ring (bicyclic) bond motifs is 1. The van der Waals surface area contributed by atoms with Crippen LogP contribution in [0.25, 0.3) is 0 Å². The Morgan fingerprint density at radius 1 is 1.38 bits per heavy atom. The zero-order valence-electron chi connectivity index (χ0n) is 12.7. The highest BCUT2D eigenvalue weighted by Gasteiger charge is 2.52. The number of alkyl halides is 3. The lowest BCUT2D eigenvalue weighted by Gasteiger charge is -2.29. The Hall–Kier alpha value is -1.90. The van der Waals surface area contributed by atoms with E-state index in [1.807, 2.05) is 6.92 Å². The Morgan fingerprint density at radius 2 is 2.04 bits per heavy atom. The van der Waals surface area contributed by atoms with Crippen LogP contribution in [-0.4, -0.2) is 39.7 Å². The van der Waals surface area contributed by atoms with Crippen LogP contribution in [0.3, 0.4) is 0 Å². The Morgan fingerprint density at radius 3 is 2.67 bits per heavy atom. The number of hydrogen-bond acceptors (Lipinski definition) is 4. The van der Waals surface area contributed by atoms with Gasteiger partial charge in [-0.05, 0) is 37.6 Å². The number of thioether (sulfide) groups is 1. The van der Waals surface area contributed by atoms with Gasteiger partial charge in [0.1, 0.15) is 11.8 Å². The molecule has 2 aliphatic rings. The van der Waals surface area contributed by atoms with Crippen LogP contribution < -0.4 is 10.1 Å². The molecule has 3 rings (SSSR count). The Kier molecular flexibility index (Phi) is 4.15. The SMILES string of the molecule is C[C@@]12CCC(=O)N1[C@H](C(=O)Nc1ccc(OC(F)(F)F)cc1)CS2. The second-order valence-corrected chi connectivity index (χ2v) is 7.33. The van der Waals surface area contributed by atoms with Crippen molar-refractivity contribution in [3.63, 3.8) is 0 Å². The summed E-state index contributed by atoms with van der Waals surface area (Å²) in [6.07, 6.45) is -3.62. The standard InChI is InChI=1S/C15H15F3N2O3S/c1-14-7-6-12(21)20(14)11(8-24-14)13(22)19-9-2-4-10(5-3-9)23-15(16,17)18/h2-5,11H,6-8H2,1H3,(H,19,22)/t11-,14+/m0/s1. The average molecular weight is 360 g/mol. The molecule has 2 atom stereocenters. The smallest absolute Gasteiger partial charge is 0.406 e. The van der Waals surface area contributed by atoms with Gasteiger partial charge in [0.15, 0.2) is 0 Å². The van der Waals surface area contributed by atoms with Crippen molar-refractivity contribution in [3.05, 3.63) is 24.3 Å². The van der Waals surface area contributed by atoms with Gasteiger partial charge in [-0.2, -0.15) is 0 Å². The number of nitrogens with one attached hydrogen (secondary N) is 1. The van der Waals surface area contributed by atoms with Crippen LogP contribution in [0, 0.1) is 0 Å². The molecule has 0 aromatic heterocycles. The molecular formula is C15H15F3N2O3S. The van der Waals surface area contributed by atoms with Gasteiger partial charge < -0.3 is 15.0 Å². The number of anilines is 1. The van der Waals surface area contributed by atoms with Gasteiger partial charge >= 0.3 is 6.36 Å². The summed E-state index contributed by atoms with van der Waals surface area (Å²) in [5, 5.41) is 2.64. The molecule has 0 radical (unpaired) electrons. The minimum atomic E-state index is -4.76. The number of halogens is 3. The molecule has 130 valence electrons. The highest BCUT2D eigenvalue weighted by Crippen LogP contribution is 2.47.